The SMILES string of the molecule is Cc1cc(C(=O)O)cnc1N1CCC2NC(=O)CCC2C1. The van der Waals surface area contributed by atoms with E-state index in [0.717, 1.165) is 37.3 Å². The van der Waals surface area contributed by atoms with Crippen LogP contribution in [0, 0.1) is 12.8 Å². The molecule has 1 aromatic heterocycles. The van der Waals surface area contributed by atoms with Gasteiger partial charge in [0.2, 0.25) is 5.91 Å². The number of carbonyl (C=O) groups is 2. The summed E-state index contributed by atoms with van der Waals surface area (Å²) in [4.78, 5) is 28.9. The van der Waals surface area contributed by atoms with Crippen molar-refractivity contribution in [2.24, 2.45) is 5.92 Å². The molecular weight excluding hydrogens is 270 g/mol. The fourth-order valence-corrected chi connectivity index (χ4v) is 3.32. The number of carbonyl (C=O) groups excluding carboxylic acids is 1. The van der Waals surface area contributed by atoms with Gasteiger partial charge in [0, 0.05) is 31.7 Å². The van der Waals surface area contributed by atoms with E-state index in [1.54, 1.807) is 6.07 Å². The number of aryl methyl sites for hydroxylation is 1. The average molecular weight is 289 g/mol. The minimum absolute atomic E-state index is 0.157. The highest BCUT2D eigenvalue weighted by Crippen LogP contribution is 2.29. The molecule has 0 aliphatic carbocycles. The highest BCUT2D eigenvalue weighted by molar-refractivity contribution is 5.87. The number of hydrogen-bond acceptors (Lipinski definition) is 4. The summed E-state index contributed by atoms with van der Waals surface area (Å²) in [5.41, 5.74) is 1.10. The standard InChI is InChI=1S/C15H19N3O3/c1-9-6-11(15(20)21)7-16-14(9)18-5-4-12-10(8-18)2-3-13(19)17-12/h6-7,10,12H,2-5,8H2,1H3,(H,17,19)(H,20,21). The quantitative estimate of drug-likeness (QED) is 0.854. The van der Waals surface area contributed by atoms with E-state index in [4.69, 9.17) is 5.11 Å². The summed E-state index contributed by atoms with van der Waals surface area (Å²) in [5, 5.41) is 12.1. The van der Waals surface area contributed by atoms with Crippen molar-refractivity contribution in [2.75, 3.05) is 18.0 Å². The number of carboxylic acid groups (broad SMARTS) is 1. The molecule has 0 bridgehead atoms. The van der Waals surface area contributed by atoms with Gasteiger partial charge in [-0.15, -0.1) is 0 Å². The third kappa shape index (κ3) is 2.70. The summed E-state index contributed by atoms with van der Waals surface area (Å²) < 4.78 is 0. The maximum absolute atomic E-state index is 11.4. The lowest BCUT2D eigenvalue weighted by Crippen LogP contribution is -2.54. The largest absolute Gasteiger partial charge is 0.478 e. The number of aromatic carboxylic acids is 1. The van der Waals surface area contributed by atoms with Crippen LogP contribution in [0.15, 0.2) is 12.3 Å². The molecule has 6 heteroatoms. The van der Waals surface area contributed by atoms with Crippen LogP contribution in [0.2, 0.25) is 0 Å². The first kappa shape index (κ1) is 13.9. The van der Waals surface area contributed by atoms with Gasteiger partial charge in [0.15, 0.2) is 0 Å². The van der Waals surface area contributed by atoms with Crippen LogP contribution in [0.5, 0.6) is 0 Å². The topological polar surface area (TPSA) is 82.5 Å². The van der Waals surface area contributed by atoms with Crippen molar-refractivity contribution < 1.29 is 14.7 Å². The number of nitrogens with one attached hydrogen (secondary N) is 1. The third-order valence-corrected chi connectivity index (χ3v) is 4.42. The summed E-state index contributed by atoms with van der Waals surface area (Å²) >= 11 is 0. The molecule has 0 spiro atoms. The zero-order chi connectivity index (χ0) is 15.0. The number of fused-ring (bicyclic) bond motifs is 1. The molecule has 2 fully saturated rings. The van der Waals surface area contributed by atoms with Gasteiger partial charge in [-0.25, -0.2) is 9.78 Å². The summed E-state index contributed by atoms with van der Waals surface area (Å²) in [5.74, 6) is 0.516. The van der Waals surface area contributed by atoms with Gasteiger partial charge in [-0.2, -0.15) is 0 Å². The second kappa shape index (κ2) is 5.35. The molecule has 2 aliphatic rings. The molecule has 2 saturated heterocycles. The van der Waals surface area contributed by atoms with E-state index in [1.807, 2.05) is 6.92 Å². The molecule has 3 rings (SSSR count). The van der Waals surface area contributed by atoms with Gasteiger partial charge >= 0.3 is 5.97 Å². The number of piperidine rings is 2. The van der Waals surface area contributed by atoms with Crippen LogP contribution < -0.4 is 10.2 Å². The van der Waals surface area contributed by atoms with Crippen molar-refractivity contribution in [3.05, 3.63) is 23.4 Å². The molecule has 21 heavy (non-hydrogen) atoms. The van der Waals surface area contributed by atoms with Crippen molar-refractivity contribution in [3.63, 3.8) is 0 Å². The van der Waals surface area contributed by atoms with Crippen LogP contribution in [0.3, 0.4) is 0 Å². The van der Waals surface area contributed by atoms with Gasteiger partial charge < -0.3 is 15.3 Å². The van der Waals surface area contributed by atoms with Crippen molar-refractivity contribution in [1.82, 2.24) is 10.3 Å². The number of pyridine rings is 1. The molecular formula is C15H19N3O3. The van der Waals surface area contributed by atoms with Crippen molar-refractivity contribution in [1.29, 1.82) is 0 Å². The Hall–Kier alpha value is -2.11. The Kier molecular flexibility index (Phi) is 3.53. The van der Waals surface area contributed by atoms with E-state index in [1.165, 1.54) is 6.20 Å². The van der Waals surface area contributed by atoms with Crippen molar-refractivity contribution in [3.8, 4) is 0 Å². The Labute approximate surface area is 123 Å². The third-order valence-electron chi connectivity index (χ3n) is 4.42. The lowest BCUT2D eigenvalue weighted by Gasteiger charge is -2.42. The maximum atomic E-state index is 11.4. The van der Waals surface area contributed by atoms with E-state index in [9.17, 15) is 9.59 Å². The van der Waals surface area contributed by atoms with E-state index in [0.29, 0.717) is 12.3 Å². The molecule has 0 aromatic carbocycles. The Morgan fingerprint density at radius 2 is 2.29 bits per heavy atom. The second-order valence-corrected chi connectivity index (χ2v) is 5.88. The molecule has 112 valence electrons. The molecule has 1 aromatic rings. The van der Waals surface area contributed by atoms with Crippen LogP contribution in [-0.4, -0.2) is 41.1 Å². The number of nitrogens with zero attached hydrogens (tertiary/aromatic N) is 2. The Morgan fingerprint density at radius 3 is 3.00 bits per heavy atom. The summed E-state index contributed by atoms with van der Waals surface area (Å²) in [7, 11) is 0. The Morgan fingerprint density at radius 1 is 1.48 bits per heavy atom. The van der Waals surface area contributed by atoms with E-state index in [-0.39, 0.29) is 17.5 Å². The first-order valence-corrected chi connectivity index (χ1v) is 7.29. The smallest absolute Gasteiger partial charge is 0.337 e. The number of aromatic nitrogens is 1. The van der Waals surface area contributed by atoms with Crippen molar-refractivity contribution >= 4 is 17.7 Å². The Balaban J connectivity index is 1.76. The number of amides is 1. The first-order chi connectivity index (χ1) is 10.0. The maximum Gasteiger partial charge on any atom is 0.337 e. The number of rotatable bonds is 2. The van der Waals surface area contributed by atoms with Gasteiger partial charge in [-0.05, 0) is 37.3 Å². The Bertz CT molecular complexity index is 588. The lowest BCUT2D eigenvalue weighted by atomic mass is 9.85. The molecule has 2 unspecified atom stereocenters. The number of hydrogen-bond donors (Lipinski definition) is 2. The predicted molar refractivity (Wildman–Crippen MR) is 77.4 cm³/mol. The van der Waals surface area contributed by atoms with Gasteiger partial charge in [0.05, 0.1) is 5.56 Å². The fraction of sp³-hybridized carbons (Fsp3) is 0.533. The summed E-state index contributed by atoms with van der Waals surface area (Å²) in [6.07, 6.45) is 3.84. The minimum atomic E-state index is -0.953. The van der Waals surface area contributed by atoms with Crippen LogP contribution in [0.4, 0.5) is 5.82 Å². The molecule has 3 heterocycles. The molecule has 1 amide bonds. The van der Waals surface area contributed by atoms with E-state index >= 15 is 0 Å². The molecule has 2 aliphatic heterocycles. The predicted octanol–water partition coefficient (Wildman–Crippen LogP) is 1.19. The van der Waals surface area contributed by atoms with Gasteiger partial charge in [0.25, 0.3) is 0 Å². The lowest BCUT2D eigenvalue weighted by molar-refractivity contribution is -0.124. The van der Waals surface area contributed by atoms with Crippen LogP contribution in [-0.2, 0) is 4.79 Å². The first-order valence-electron chi connectivity index (χ1n) is 7.29. The van der Waals surface area contributed by atoms with Crippen LogP contribution in [0.25, 0.3) is 0 Å². The highest BCUT2D eigenvalue weighted by Gasteiger charge is 2.34. The monoisotopic (exact) mass is 289 g/mol. The molecule has 6 nitrogen and oxygen atoms in total. The molecule has 0 radical (unpaired) electrons. The second-order valence-electron chi connectivity index (χ2n) is 5.88. The van der Waals surface area contributed by atoms with Crippen LogP contribution in [0.1, 0.15) is 35.2 Å². The average Bonchev–Trinajstić information content (AvgIpc) is 2.46. The number of carboxylic acids is 1. The summed E-state index contributed by atoms with van der Waals surface area (Å²) in [6, 6.07) is 1.94. The molecule has 2 atom stereocenters. The van der Waals surface area contributed by atoms with E-state index < -0.39 is 5.97 Å². The summed E-state index contributed by atoms with van der Waals surface area (Å²) in [6.45, 7) is 3.59. The molecule has 2 N–H and O–H groups in total. The van der Waals surface area contributed by atoms with Crippen molar-refractivity contribution in [2.45, 2.75) is 32.2 Å². The van der Waals surface area contributed by atoms with E-state index in [2.05, 4.69) is 15.2 Å². The molecule has 0 saturated carbocycles. The normalized spacial score (nSPS) is 25.2. The van der Waals surface area contributed by atoms with Crippen LogP contribution >= 0.6 is 0 Å². The zero-order valence-corrected chi connectivity index (χ0v) is 12.0. The highest BCUT2D eigenvalue weighted by atomic mass is 16.4. The van der Waals surface area contributed by atoms with Gasteiger partial charge in [0.1, 0.15) is 5.82 Å². The number of anilines is 1. The van der Waals surface area contributed by atoms with Gasteiger partial charge in [-0.3, -0.25) is 4.79 Å². The minimum Gasteiger partial charge on any atom is -0.478 e. The fourth-order valence-electron chi connectivity index (χ4n) is 3.32. The van der Waals surface area contributed by atoms with Gasteiger partial charge in [-0.1, -0.05) is 0 Å². The zero-order valence-electron chi connectivity index (χ0n) is 12.0.